The van der Waals surface area contributed by atoms with Gasteiger partial charge in [-0.1, -0.05) is 0 Å². The van der Waals surface area contributed by atoms with E-state index in [1.807, 2.05) is 6.92 Å². The quantitative estimate of drug-likeness (QED) is 0.490. The number of hydrogen-bond acceptors (Lipinski definition) is 3. The first-order valence-corrected chi connectivity index (χ1v) is 7.87. The molecule has 1 aliphatic carbocycles. The summed E-state index contributed by atoms with van der Waals surface area (Å²) in [4.78, 5) is 12.9. The van der Waals surface area contributed by atoms with E-state index in [1.54, 1.807) is 6.92 Å². The molecule has 3 rings (SSSR count). The van der Waals surface area contributed by atoms with Crippen LogP contribution in [0.25, 0.3) is 0 Å². The zero-order valence-corrected chi connectivity index (χ0v) is 13.4. The van der Waals surface area contributed by atoms with Gasteiger partial charge >= 0.3 is 0 Å². The van der Waals surface area contributed by atoms with E-state index in [9.17, 15) is 14.5 Å². The van der Waals surface area contributed by atoms with Gasteiger partial charge in [0.2, 0.25) is 0 Å². The van der Waals surface area contributed by atoms with E-state index in [2.05, 4.69) is 11.9 Å². The largest absolute Gasteiger partial charge is 0.295 e. The van der Waals surface area contributed by atoms with E-state index in [0.29, 0.717) is 21.8 Å². The van der Waals surface area contributed by atoms with Crippen molar-refractivity contribution < 1.29 is 9.31 Å². The van der Waals surface area contributed by atoms with Crippen molar-refractivity contribution in [1.29, 1.82) is 0 Å². The zero-order valence-electron chi connectivity index (χ0n) is 13.4. The van der Waals surface area contributed by atoms with Gasteiger partial charge in [0, 0.05) is 37.1 Å². The summed E-state index contributed by atoms with van der Waals surface area (Å²) in [5.41, 5.74) is 1.93. The monoisotopic (exact) mass is 308 g/mol. The number of nitro groups is 1. The summed E-state index contributed by atoms with van der Waals surface area (Å²) < 4.78 is 15.5. The Kier molecular flexibility index (Phi) is 3.69. The molecule has 6 heteroatoms. The molecule has 0 bridgehead atoms. The molecule has 0 aromatic heterocycles. The average molecular weight is 308 g/mol. The fourth-order valence-corrected chi connectivity index (χ4v) is 3.84. The van der Waals surface area contributed by atoms with Crippen molar-refractivity contribution in [2.75, 3.05) is 33.2 Å². The van der Waals surface area contributed by atoms with Crippen molar-refractivity contribution in [1.82, 2.24) is 9.38 Å². The number of nitro benzene ring substituents is 1. The molecule has 1 aromatic carbocycles. The molecule has 1 aliphatic heterocycles. The summed E-state index contributed by atoms with van der Waals surface area (Å²) in [5.74, 6) is -0.411. The van der Waals surface area contributed by atoms with E-state index >= 15 is 0 Å². The third kappa shape index (κ3) is 2.30. The van der Waals surface area contributed by atoms with Crippen LogP contribution in [0.5, 0.6) is 0 Å². The highest BCUT2D eigenvalue weighted by molar-refractivity contribution is 5.62. The predicted octanol–water partition coefficient (Wildman–Crippen LogP) is 2.77. The number of quaternary nitrogens is 1. The van der Waals surface area contributed by atoms with Crippen LogP contribution in [0, 0.1) is 29.8 Å². The van der Waals surface area contributed by atoms with Crippen LogP contribution in [0.3, 0.4) is 0 Å². The lowest BCUT2D eigenvalue weighted by Gasteiger charge is -2.45. The first-order valence-electron chi connectivity index (χ1n) is 7.87. The van der Waals surface area contributed by atoms with Crippen LogP contribution in [-0.4, -0.2) is 49.1 Å². The van der Waals surface area contributed by atoms with Crippen molar-refractivity contribution in [2.45, 2.75) is 32.7 Å². The molecular formula is C16H23FN3O2+. The van der Waals surface area contributed by atoms with Gasteiger partial charge in [0.05, 0.1) is 30.1 Å². The van der Waals surface area contributed by atoms with Crippen molar-refractivity contribution in [3.63, 3.8) is 0 Å². The predicted molar refractivity (Wildman–Crippen MR) is 84.6 cm³/mol. The molecule has 2 fully saturated rings. The number of hydrogen-bond donors (Lipinski definition) is 0. The Labute approximate surface area is 130 Å². The van der Waals surface area contributed by atoms with Gasteiger partial charge in [-0.2, -0.15) is 0 Å². The van der Waals surface area contributed by atoms with Crippen LogP contribution in [0.1, 0.15) is 24.0 Å². The van der Waals surface area contributed by atoms with Crippen LogP contribution >= 0.6 is 0 Å². The molecule has 0 N–H and O–H groups in total. The number of rotatable bonds is 3. The molecule has 0 unspecified atom stereocenters. The van der Waals surface area contributed by atoms with Crippen LogP contribution in [0.4, 0.5) is 15.8 Å². The van der Waals surface area contributed by atoms with Crippen molar-refractivity contribution in [2.24, 2.45) is 0 Å². The SMILES string of the molecule is Cc1c([N+](=O)[O-])cc(F)c([N+]2(C3CC3)CCN(C)CC2)c1C. The first-order chi connectivity index (χ1) is 10.4. The Morgan fingerprint density at radius 1 is 1.27 bits per heavy atom. The molecular weight excluding hydrogens is 285 g/mol. The number of halogens is 1. The third-order valence-corrected chi connectivity index (χ3v) is 5.44. The molecule has 0 radical (unpaired) electrons. The summed E-state index contributed by atoms with van der Waals surface area (Å²) in [7, 11) is 2.09. The lowest BCUT2D eigenvalue weighted by atomic mass is 10.0. The lowest BCUT2D eigenvalue weighted by Crippen LogP contribution is -2.62. The zero-order chi connectivity index (χ0) is 16.1. The number of nitrogens with zero attached hydrogens (tertiary/aromatic N) is 3. The van der Waals surface area contributed by atoms with Crippen molar-refractivity contribution in [3.8, 4) is 0 Å². The molecule has 22 heavy (non-hydrogen) atoms. The number of benzene rings is 1. The van der Waals surface area contributed by atoms with Crippen LogP contribution in [0.15, 0.2) is 6.07 Å². The van der Waals surface area contributed by atoms with Gasteiger partial charge < -0.3 is 0 Å². The van der Waals surface area contributed by atoms with E-state index in [1.165, 1.54) is 0 Å². The maximum absolute atomic E-state index is 14.8. The third-order valence-electron chi connectivity index (χ3n) is 5.44. The maximum atomic E-state index is 14.8. The molecule has 0 amide bonds. The minimum absolute atomic E-state index is 0.109. The van der Waals surface area contributed by atoms with Gasteiger partial charge in [-0.3, -0.25) is 19.5 Å². The molecule has 1 saturated carbocycles. The number of likely N-dealkylation sites (N-methyl/N-ethyl adjacent to an activating group) is 1. The second kappa shape index (κ2) is 5.28. The van der Waals surface area contributed by atoms with E-state index in [4.69, 9.17) is 0 Å². The molecule has 0 atom stereocenters. The van der Waals surface area contributed by atoms with E-state index in [0.717, 1.165) is 50.7 Å². The van der Waals surface area contributed by atoms with E-state index in [-0.39, 0.29) is 5.69 Å². The summed E-state index contributed by atoms with van der Waals surface area (Å²) in [6, 6.07) is 1.60. The molecule has 120 valence electrons. The molecule has 1 heterocycles. The molecule has 1 saturated heterocycles. The lowest BCUT2D eigenvalue weighted by molar-refractivity contribution is -0.385. The van der Waals surface area contributed by atoms with Gasteiger partial charge in [0.15, 0.2) is 11.5 Å². The summed E-state index contributed by atoms with van der Waals surface area (Å²) in [6.45, 7) is 7.21. The van der Waals surface area contributed by atoms with Gasteiger partial charge in [0.1, 0.15) is 0 Å². The van der Waals surface area contributed by atoms with Crippen LogP contribution in [-0.2, 0) is 0 Å². The molecule has 0 spiro atoms. The summed E-state index contributed by atoms with van der Waals surface area (Å²) >= 11 is 0. The maximum Gasteiger partial charge on any atom is 0.275 e. The Hall–Kier alpha value is -1.53. The van der Waals surface area contributed by atoms with E-state index < -0.39 is 10.7 Å². The Morgan fingerprint density at radius 2 is 1.86 bits per heavy atom. The second-order valence-corrected chi connectivity index (χ2v) is 6.75. The van der Waals surface area contributed by atoms with Crippen molar-refractivity contribution >= 4 is 11.4 Å². The minimum atomic E-state index is -0.485. The Bertz CT molecular complexity index is 620. The Balaban J connectivity index is 2.13. The molecule has 5 nitrogen and oxygen atoms in total. The summed E-state index contributed by atoms with van der Waals surface area (Å²) in [6.07, 6.45) is 2.25. The molecule has 1 aromatic rings. The van der Waals surface area contributed by atoms with Gasteiger partial charge in [-0.15, -0.1) is 0 Å². The Morgan fingerprint density at radius 3 is 2.36 bits per heavy atom. The standard InChI is InChI=1S/C16H23FN3O2/c1-11-12(2)16(14(17)10-15(11)19(21)22)20(13-4-5-13)8-6-18(3)7-9-20/h10,13H,4-9H2,1-3H3/q+1. The van der Waals surface area contributed by atoms with Gasteiger partial charge in [0.25, 0.3) is 5.69 Å². The van der Waals surface area contributed by atoms with Gasteiger partial charge in [-0.25, -0.2) is 4.39 Å². The van der Waals surface area contributed by atoms with Gasteiger partial charge in [-0.05, 0) is 20.9 Å². The normalized spacial score (nSPS) is 21.8. The van der Waals surface area contributed by atoms with Crippen LogP contribution in [0.2, 0.25) is 0 Å². The fourth-order valence-electron chi connectivity index (χ4n) is 3.84. The highest BCUT2D eigenvalue weighted by Gasteiger charge is 2.50. The van der Waals surface area contributed by atoms with Crippen molar-refractivity contribution in [3.05, 3.63) is 33.1 Å². The minimum Gasteiger partial charge on any atom is -0.295 e. The fraction of sp³-hybridized carbons (Fsp3) is 0.625. The summed E-state index contributed by atoms with van der Waals surface area (Å²) in [5, 5.41) is 11.1. The van der Waals surface area contributed by atoms with Crippen LogP contribution < -0.4 is 4.48 Å². The smallest absolute Gasteiger partial charge is 0.275 e. The highest BCUT2D eigenvalue weighted by atomic mass is 19.1. The topological polar surface area (TPSA) is 46.4 Å². The second-order valence-electron chi connectivity index (χ2n) is 6.75. The average Bonchev–Trinajstić information content (AvgIpc) is 3.30. The first kappa shape index (κ1) is 15.4. The highest BCUT2D eigenvalue weighted by Crippen LogP contribution is 2.45. The number of piperazine rings is 1. The molecule has 2 aliphatic rings.